The van der Waals surface area contributed by atoms with E-state index in [1.54, 1.807) is 31.5 Å². The quantitative estimate of drug-likeness (QED) is 0.849. The molecule has 0 radical (unpaired) electrons. The predicted molar refractivity (Wildman–Crippen MR) is 87.8 cm³/mol. The van der Waals surface area contributed by atoms with Gasteiger partial charge in [-0.2, -0.15) is 5.26 Å². The van der Waals surface area contributed by atoms with E-state index in [2.05, 4.69) is 16.4 Å². The molecule has 3 N–H and O–H groups in total. The number of ketones is 1. The number of nitrogens with one attached hydrogen (secondary N) is 1. The van der Waals surface area contributed by atoms with Crippen molar-refractivity contribution in [1.29, 1.82) is 5.26 Å². The first kappa shape index (κ1) is 16.8. The van der Waals surface area contributed by atoms with Gasteiger partial charge in [0.05, 0.1) is 28.3 Å². The van der Waals surface area contributed by atoms with Crippen LogP contribution in [0.15, 0.2) is 46.4 Å². The van der Waals surface area contributed by atoms with Gasteiger partial charge in [0.2, 0.25) is 5.91 Å². The number of pyridine rings is 1. The molecule has 0 bridgehead atoms. The molecule has 118 valence electrons. The largest absolute Gasteiger partial charge is 0.369 e. The van der Waals surface area contributed by atoms with Crippen LogP contribution in [0.1, 0.15) is 25.3 Å². The van der Waals surface area contributed by atoms with Crippen molar-refractivity contribution < 1.29 is 9.59 Å². The molecule has 0 saturated carbocycles. The summed E-state index contributed by atoms with van der Waals surface area (Å²) < 4.78 is 0. The van der Waals surface area contributed by atoms with Crippen LogP contribution in [0.25, 0.3) is 0 Å². The van der Waals surface area contributed by atoms with Crippen molar-refractivity contribution in [3.8, 4) is 6.07 Å². The number of nitrogens with zero attached hydrogens (tertiary/aromatic N) is 2. The van der Waals surface area contributed by atoms with E-state index in [-0.39, 0.29) is 11.5 Å². The summed E-state index contributed by atoms with van der Waals surface area (Å²) in [4.78, 5) is 27.1. The SMILES string of the molecule is CC(=O)C1=C(C)NC(SCC(N)=O)=C(C#N)[C@H]1c1ccncc1. The van der Waals surface area contributed by atoms with Gasteiger partial charge in [0.25, 0.3) is 0 Å². The predicted octanol–water partition coefficient (Wildman–Crippen LogP) is 1.59. The Kier molecular flexibility index (Phi) is 5.19. The monoisotopic (exact) mass is 328 g/mol. The maximum absolute atomic E-state index is 12.1. The van der Waals surface area contributed by atoms with Crippen LogP contribution >= 0.6 is 11.8 Å². The first-order valence-electron chi connectivity index (χ1n) is 6.89. The zero-order chi connectivity index (χ0) is 17.0. The molecule has 1 aliphatic rings. The molecule has 0 aliphatic carbocycles. The lowest BCUT2D eigenvalue weighted by Gasteiger charge is -2.29. The molecule has 1 aromatic rings. The third-order valence-corrected chi connectivity index (χ3v) is 4.46. The number of dihydropyridines is 1. The van der Waals surface area contributed by atoms with Crippen molar-refractivity contribution in [3.05, 3.63) is 52.0 Å². The molecule has 2 heterocycles. The van der Waals surface area contributed by atoms with E-state index in [1.807, 2.05) is 0 Å². The number of nitrogens with two attached hydrogens (primary N) is 1. The van der Waals surface area contributed by atoms with Gasteiger partial charge in [-0.25, -0.2) is 0 Å². The number of carbonyl (C=O) groups is 2. The summed E-state index contributed by atoms with van der Waals surface area (Å²) in [5.74, 6) is -0.999. The maximum Gasteiger partial charge on any atom is 0.227 e. The Hall–Kier alpha value is -2.59. The van der Waals surface area contributed by atoms with Gasteiger partial charge in [-0.1, -0.05) is 11.8 Å². The van der Waals surface area contributed by atoms with Crippen LogP contribution in [0.2, 0.25) is 0 Å². The van der Waals surface area contributed by atoms with E-state index in [0.29, 0.717) is 21.9 Å². The standard InChI is InChI=1S/C16H16N4O2S/c1-9-14(10(2)21)15(11-3-5-19-6-4-11)12(7-17)16(20-9)23-8-13(18)22/h3-6,15,20H,8H2,1-2H3,(H2,18,22)/t15-/m1/s1. The molecular weight excluding hydrogens is 312 g/mol. The number of thioether (sulfide) groups is 1. The Morgan fingerprint density at radius 3 is 2.61 bits per heavy atom. The molecule has 6 nitrogen and oxygen atoms in total. The van der Waals surface area contributed by atoms with E-state index < -0.39 is 11.8 Å². The summed E-state index contributed by atoms with van der Waals surface area (Å²) in [6.45, 7) is 3.26. The molecule has 0 unspecified atom stereocenters. The van der Waals surface area contributed by atoms with E-state index in [0.717, 1.165) is 17.3 Å². The van der Waals surface area contributed by atoms with Gasteiger partial charge in [-0.05, 0) is 31.5 Å². The molecule has 0 fully saturated rings. The smallest absolute Gasteiger partial charge is 0.227 e. The number of hydrogen-bond acceptors (Lipinski definition) is 6. The van der Waals surface area contributed by atoms with E-state index in [4.69, 9.17) is 5.73 Å². The Morgan fingerprint density at radius 1 is 1.43 bits per heavy atom. The minimum absolute atomic E-state index is 0.0548. The number of amides is 1. The van der Waals surface area contributed by atoms with Crippen LogP contribution in [-0.4, -0.2) is 22.4 Å². The van der Waals surface area contributed by atoms with Crippen molar-refractivity contribution in [3.63, 3.8) is 0 Å². The molecule has 23 heavy (non-hydrogen) atoms. The lowest BCUT2D eigenvalue weighted by Crippen LogP contribution is -2.27. The van der Waals surface area contributed by atoms with Gasteiger partial charge in [0.1, 0.15) is 0 Å². The molecule has 7 heteroatoms. The van der Waals surface area contributed by atoms with Gasteiger partial charge < -0.3 is 11.1 Å². The van der Waals surface area contributed by atoms with E-state index in [9.17, 15) is 14.9 Å². The fourth-order valence-electron chi connectivity index (χ4n) is 2.53. The Balaban J connectivity index is 2.56. The molecule has 1 atom stereocenters. The molecular formula is C16H16N4O2S. The number of primary amides is 1. The van der Waals surface area contributed by atoms with Gasteiger partial charge in [-0.15, -0.1) is 0 Å². The van der Waals surface area contributed by atoms with E-state index >= 15 is 0 Å². The van der Waals surface area contributed by atoms with Gasteiger partial charge >= 0.3 is 0 Å². The van der Waals surface area contributed by atoms with E-state index in [1.165, 1.54) is 6.92 Å². The molecule has 0 saturated heterocycles. The second-order valence-corrected chi connectivity index (χ2v) is 6.03. The Morgan fingerprint density at radius 2 is 2.09 bits per heavy atom. The number of hydrogen-bond donors (Lipinski definition) is 2. The highest BCUT2D eigenvalue weighted by Gasteiger charge is 2.33. The van der Waals surface area contributed by atoms with Gasteiger partial charge in [0, 0.05) is 23.7 Å². The van der Waals surface area contributed by atoms with Crippen molar-refractivity contribution >= 4 is 23.5 Å². The van der Waals surface area contributed by atoms with Crippen LogP contribution in [0, 0.1) is 11.3 Å². The minimum atomic E-state index is -0.475. The summed E-state index contributed by atoms with van der Waals surface area (Å²) in [5, 5.41) is 13.2. The number of carbonyl (C=O) groups excluding carboxylic acids is 2. The second-order valence-electron chi connectivity index (χ2n) is 5.04. The Labute approximate surface area is 138 Å². The zero-order valence-electron chi connectivity index (χ0n) is 12.8. The van der Waals surface area contributed by atoms with Gasteiger partial charge in [0.15, 0.2) is 5.78 Å². The third kappa shape index (κ3) is 3.60. The highest BCUT2D eigenvalue weighted by molar-refractivity contribution is 8.03. The minimum Gasteiger partial charge on any atom is -0.369 e. The number of allylic oxidation sites excluding steroid dienone is 3. The first-order valence-corrected chi connectivity index (χ1v) is 7.88. The normalized spacial score (nSPS) is 17.5. The first-order chi connectivity index (χ1) is 11.0. The number of rotatable bonds is 5. The molecule has 2 rings (SSSR count). The molecule has 1 amide bonds. The van der Waals surface area contributed by atoms with Crippen LogP contribution in [0.5, 0.6) is 0 Å². The summed E-state index contributed by atoms with van der Waals surface area (Å²) in [7, 11) is 0. The molecule has 1 aromatic heterocycles. The lowest BCUT2D eigenvalue weighted by molar-refractivity contribution is -0.115. The van der Waals surface area contributed by atoms with Crippen LogP contribution in [0.3, 0.4) is 0 Å². The lowest BCUT2D eigenvalue weighted by atomic mass is 9.81. The summed E-state index contributed by atoms with van der Waals surface area (Å²) in [5.41, 5.74) is 7.60. The average molecular weight is 328 g/mol. The number of nitriles is 1. The fraction of sp³-hybridized carbons (Fsp3) is 0.250. The fourth-order valence-corrected chi connectivity index (χ4v) is 3.36. The summed E-state index contributed by atoms with van der Waals surface area (Å²) >= 11 is 1.16. The Bertz CT molecular complexity index is 747. The zero-order valence-corrected chi connectivity index (χ0v) is 13.6. The summed E-state index contributed by atoms with van der Waals surface area (Å²) in [6, 6.07) is 5.72. The van der Waals surface area contributed by atoms with Gasteiger partial charge in [-0.3, -0.25) is 14.6 Å². The molecule has 0 spiro atoms. The van der Waals surface area contributed by atoms with Crippen molar-refractivity contribution in [2.75, 3.05) is 5.75 Å². The molecule has 1 aliphatic heterocycles. The van der Waals surface area contributed by atoms with Crippen molar-refractivity contribution in [2.45, 2.75) is 19.8 Å². The third-order valence-electron chi connectivity index (χ3n) is 3.42. The second kappa shape index (κ2) is 7.11. The van der Waals surface area contributed by atoms with Crippen LogP contribution < -0.4 is 11.1 Å². The van der Waals surface area contributed by atoms with Crippen LogP contribution in [-0.2, 0) is 9.59 Å². The highest BCUT2D eigenvalue weighted by Crippen LogP contribution is 2.40. The van der Waals surface area contributed by atoms with Crippen LogP contribution in [0.4, 0.5) is 0 Å². The highest BCUT2D eigenvalue weighted by atomic mass is 32.2. The number of aromatic nitrogens is 1. The van der Waals surface area contributed by atoms with Crippen molar-refractivity contribution in [2.24, 2.45) is 5.73 Å². The summed E-state index contributed by atoms with van der Waals surface area (Å²) in [6.07, 6.45) is 3.24. The maximum atomic E-state index is 12.1. The average Bonchev–Trinajstić information content (AvgIpc) is 2.52. The molecule has 0 aromatic carbocycles. The number of Topliss-reactive ketones (excluding diaryl/α,β-unsaturated/α-hetero) is 1. The van der Waals surface area contributed by atoms with Crippen molar-refractivity contribution in [1.82, 2.24) is 10.3 Å². The topological polar surface area (TPSA) is 109 Å².